The molecule has 0 spiro atoms. The van der Waals surface area contributed by atoms with Crippen molar-refractivity contribution in [2.75, 3.05) is 5.75 Å². The first-order chi connectivity index (χ1) is 10.3. The van der Waals surface area contributed by atoms with Crippen molar-refractivity contribution in [3.05, 3.63) is 30.1 Å². The van der Waals surface area contributed by atoms with Gasteiger partial charge >= 0.3 is 0 Å². The highest BCUT2D eigenvalue weighted by atomic mass is 32.2. The predicted octanol–water partition coefficient (Wildman–Crippen LogP) is 3.82. The fourth-order valence-electron chi connectivity index (χ4n) is 2.89. The highest BCUT2D eigenvalue weighted by Crippen LogP contribution is 2.41. The van der Waals surface area contributed by atoms with Crippen LogP contribution in [-0.2, 0) is 16.7 Å². The van der Waals surface area contributed by atoms with E-state index in [0.29, 0.717) is 18.9 Å². The normalized spacial score (nSPS) is 14.7. The summed E-state index contributed by atoms with van der Waals surface area (Å²) < 4.78 is 32.9. The maximum atomic E-state index is 10.9. The molecule has 0 radical (unpaired) electrons. The second kappa shape index (κ2) is 7.31. The summed E-state index contributed by atoms with van der Waals surface area (Å²) in [6, 6.07) is 6.14. The average Bonchev–Trinajstić information content (AvgIpc) is 2.33. The van der Waals surface area contributed by atoms with E-state index in [4.69, 9.17) is 4.55 Å². The van der Waals surface area contributed by atoms with Crippen LogP contribution in [0, 0.1) is 10.8 Å². The number of nitrogens with zero attached hydrogens (tertiary/aromatic N) is 1. The topological polar surface area (TPSA) is 58.2 Å². The molecule has 1 aromatic rings. The summed E-state index contributed by atoms with van der Waals surface area (Å²) in [5.74, 6) is 0.169. The average molecular weight is 343 g/mol. The summed E-state index contributed by atoms with van der Waals surface area (Å²) >= 11 is 0. The minimum atomic E-state index is -3.90. The highest BCUT2D eigenvalue weighted by Gasteiger charge is 2.35. The zero-order valence-corrected chi connectivity index (χ0v) is 16.2. The smallest absolute Gasteiger partial charge is 0.265 e. The summed E-state index contributed by atoms with van der Waals surface area (Å²) in [5.41, 5.74) is 1.55. The van der Waals surface area contributed by atoms with Gasteiger partial charge in [-0.05, 0) is 17.3 Å². The van der Waals surface area contributed by atoms with Crippen molar-refractivity contribution >= 4 is 10.1 Å². The van der Waals surface area contributed by atoms with Gasteiger partial charge in [0.2, 0.25) is 0 Å². The summed E-state index contributed by atoms with van der Waals surface area (Å²) in [4.78, 5) is 0. The van der Waals surface area contributed by atoms with Gasteiger partial charge in [0.15, 0.2) is 11.9 Å². The van der Waals surface area contributed by atoms with Gasteiger partial charge in [0, 0.05) is 24.5 Å². The van der Waals surface area contributed by atoms with Crippen molar-refractivity contribution in [1.82, 2.24) is 0 Å². The van der Waals surface area contributed by atoms with Gasteiger partial charge in [0.1, 0.15) is 6.54 Å². The van der Waals surface area contributed by atoms with Gasteiger partial charge in [-0.3, -0.25) is 4.55 Å². The number of rotatable bonds is 6. The molecule has 0 aliphatic rings. The summed E-state index contributed by atoms with van der Waals surface area (Å²) in [6.07, 6.45) is 3.46. The van der Waals surface area contributed by atoms with E-state index in [2.05, 4.69) is 52.2 Å². The van der Waals surface area contributed by atoms with Gasteiger partial charge in [0.25, 0.3) is 10.1 Å². The van der Waals surface area contributed by atoms with Gasteiger partial charge in [-0.2, -0.15) is 8.42 Å². The van der Waals surface area contributed by atoms with E-state index < -0.39 is 10.1 Å². The quantitative estimate of drug-likeness (QED) is 0.631. The van der Waals surface area contributed by atoms with Crippen LogP contribution in [0.1, 0.15) is 66.0 Å². The third-order valence-electron chi connectivity index (χ3n) is 4.00. The molecule has 0 aliphatic carbocycles. The van der Waals surface area contributed by atoms with E-state index >= 15 is 0 Å². The first kappa shape index (κ1) is 20.1. The Morgan fingerprint density at radius 1 is 1.13 bits per heavy atom. The van der Waals surface area contributed by atoms with Crippen LogP contribution in [0.2, 0.25) is 0 Å². The molecule has 1 aromatic heterocycles. The fraction of sp³-hybridized carbons (Fsp3) is 0.722. The van der Waals surface area contributed by atoms with E-state index in [0.717, 1.165) is 6.42 Å². The summed E-state index contributed by atoms with van der Waals surface area (Å²) in [6.45, 7) is 14.1. The lowest BCUT2D eigenvalue weighted by molar-refractivity contribution is -0.706. The van der Waals surface area contributed by atoms with Crippen LogP contribution < -0.4 is 4.57 Å². The molecule has 1 rings (SSSR count). The maximum absolute atomic E-state index is 10.9. The lowest BCUT2D eigenvalue weighted by Gasteiger charge is -2.34. The number of aromatic nitrogens is 1. The SMILES string of the molecule is CC(C)(C)CC(c1cccc[n+]1CCCS(=O)(=O)O)C(C)(C)C. The van der Waals surface area contributed by atoms with Gasteiger partial charge < -0.3 is 0 Å². The zero-order chi connectivity index (χ0) is 17.9. The van der Waals surface area contributed by atoms with E-state index in [9.17, 15) is 8.42 Å². The van der Waals surface area contributed by atoms with E-state index in [1.54, 1.807) is 0 Å². The number of hydrogen-bond donors (Lipinski definition) is 1. The first-order valence-electron chi connectivity index (χ1n) is 8.23. The number of aryl methyl sites for hydroxylation is 1. The van der Waals surface area contributed by atoms with E-state index in [-0.39, 0.29) is 16.6 Å². The largest absolute Gasteiger partial charge is 0.286 e. The van der Waals surface area contributed by atoms with Crippen LogP contribution in [-0.4, -0.2) is 18.7 Å². The van der Waals surface area contributed by atoms with Crippen LogP contribution in [0.3, 0.4) is 0 Å². The standard InChI is InChI=1S/C18H31NO3S/c1-17(2,3)14-15(18(4,5)6)16-10-7-8-11-19(16)12-9-13-23(20,21)22/h7-8,10-11,15H,9,12-14H2,1-6H3/p+1. The molecule has 1 atom stereocenters. The Kier molecular flexibility index (Phi) is 6.39. The zero-order valence-electron chi connectivity index (χ0n) is 15.3. The van der Waals surface area contributed by atoms with Crippen molar-refractivity contribution in [2.24, 2.45) is 10.8 Å². The molecule has 1 N–H and O–H groups in total. The molecule has 0 saturated carbocycles. The van der Waals surface area contributed by atoms with Gasteiger partial charge in [0.05, 0.1) is 5.75 Å². The van der Waals surface area contributed by atoms with Crippen LogP contribution in [0.5, 0.6) is 0 Å². The summed E-state index contributed by atoms with van der Waals surface area (Å²) in [5, 5.41) is 0. The molecular weight excluding hydrogens is 310 g/mol. The van der Waals surface area contributed by atoms with Gasteiger partial charge in [-0.15, -0.1) is 0 Å². The van der Waals surface area contributed by atoms with Crippen molar-refractivity contribution in [2.45, 2.75) is 66.8 Å². The maximum Gasteiger partial charge on any atom is 0.265 e. The molecule has 5 heteroatoms. The Labute approximate surface area is 141 Å². The molecule has 0 saturated heterocycles. The van der Waals surface area contributed by atoms with Crippen LogP contribution in [0.25, 0.3) is 0 Å². The third-order valence-corrected chi connectivity index (χ3v) is 4.80. The Morgan fingerprint density at radius 2 is 1.74 bits per heavy atom. The second-order valence-corrected chi connectivity index (χ2v) is 10.2. The molecule has 1 unspecified atom stereocenters. The van der Waals surface area contributed by atoms with Crippen molar-refractivity contribution in [3.8, 4) is 0 Å². The molecule has 23 heavy (non-hydrogen) atoms. The Bertz CT molecular complexity index is 610. The van der Waals surface area contributed by atoms with Gasteiger partial charge in [-0.25, -0.2) is 4.57 Å². The Morgan fingerprint density at radius 3 is 2.22 bits per heavy atom. The molecular formula is C18H32NO3S+. The molecule has 0 bridgehead atoms. The van der Waals surface area contributed by atoms with Crippen LogP contribution >= 0.6 is 0 Å². The van der Waals surface area contributed by atoms with E-state index in [1.165, 1.54) is 5.69 Å². The van der Waals surface area contributed by atoms with Crippen molar-refractivity contribution < 1.29 is 17.5 Å². The first-order valence-corrected chi connectivity index (χ1v) is 9.84. The molecule has 1 heterocycles. The molecule has 0 fully saturated rings. The monoisotopic (exact) mass is 342 g/mol. The summed E-state index contributed by atoms with van der Waals surface area (Å²) in [7, 11) is -3.90. The molecule has 0 aliphatic heterocycles. The predicted molar refractivity (Wildman–Crippen MR) is 93.9 cm³/mol. The lowest BCUT2D eigenvalue weighted by Crippen LogP contribution is -2.43. The van der Waals surface area contributed by atoms with Crippen LogP contribution in [0.15, 0.2) is 24.4 Å². The Hall–Kier alpha value is -0.940. The van der Waals surface area contributed by atoms with Crippen LogP contribution in [0.4, 0.5) is 0 Å². The molecule has 4 nitrogen and oxygen atoms in total. The molecule has 132 valence electrons. The van der Waals surface area contributed by atoms with Gasteiger partial charge in [-0.1, -0.05) is 47.6 Å². The Balaban J connectivity index is 3.08. The van der Waals surface area contributed by atoms with Crippen molar-refractivity contribution in [1.29, 1.82) is 0 Å². The molecule has 0 aromatic carbocycles. The minimum absolute atomic E-state index is 0.111. The lowest BCUT2D eigenvalue weighted by atomic mass is 9.70. The fourth-order valence-corrected chi connectivity index (χ4v) is 3.39. The highest BCUT2D eigenvalue weighted by molar-refractivity contribution is 7.85. The van der Waals surface area contributed by atoms with E-state index in [1.807, 2.05) is 18.3 Å². The molecule has 0 amide bonds. The minimum Gasteiger partial charge on any atom is -0.286 e. The third kappa shape index (κ3) is 7.44. The van der Waals surface area contributed by atoms with Crippen molar-refractivity contribution in [3.63, 3.8) is 0 Å². The second-order valence-electron chi connectivity index (χ2n) is 8.64. The number of pyridine rings is 1. The number of hydrogen-bond acceptors (Lipinski definition) is 2.